The highest BCUT2D eigenvalue weighted by atomic mass is 32.2. The molecule has 0 aliphatic carbocycles. The van der Waals surface area contributed by atoms with Crippen LogP contribution in [0.1, 0.15) is 12.8 Å². The molecule has 2 saturated heterocycles. The average molecular weight is 354 g/mol. The molecule has 1 N–H and O–H groups in total. The van der Waals surface area contributed by atoms with E-state index in [4.69, 9.17) is 9.47 Å². The lowest BCUT2D eigenvalue weighted by Crippen LogP contribution is -2.45. The van der Waals surface area contributed by atoms with Crippen LogP contribution in [-0.2, 0) is 14.6 Å². The number of benzene rings is 1. The van der Waals surface area contributed by atoms with Gasteiger partial charge in [-0.25, -0.2) is 13.2 Å². The molecular formula is C16H22N2O5S. The maximum absolute atomic E-state index is 12.1. The van der Waals surface area contributed by atoms with Crippen molar-refractivity contribution in [3.63, 3.8) is 0 Å². The Hall–Kier alpha value is -1.80. The van der Waals surface area contributed by atoms with Gasteiger partial charge in [0.25, 0.3) is 0 Å². The molecule has 7 nitrogen and oxygen atoms in total. The van der Waals surface area contributed by atoms with E-state index in [0.29, 0.717) is 12.3 Å². The molecule has 2 aliphatic rings. The third kappa shape index (κ3) is 4.61. The van der Waals surface area contributed by atoms with Gasteiger partial charge in [-0.2, -0.15) is 0 Å². The monoisotopic (exact) mass is 354 g/mol. The molecule has 2 aliphatic heterocycles. The maximum Gasteiger partial charge on any atom is 0.321 e. The number of urea groups is 1. The number of ether oxygens (including phenoxy) is 2. The predicted octanol–water partition coefficient (Wildman–Crippen LogP) is 1.51. The molecule has 132 valence electrons. The molecular weight excluding hydrogens is 332 g/mol. The van der Waals surface area contributed by atoms with Crippen LogP contribution >= 0.6 is 0 Å². The van der Waals surface area contributed by atoms with Gasteiger partial charge in [0.05, 0.1) is 17.6 Å². The highest BCUT2D eigenvalue weighted by Gasteiger charge is 2.25. The number of amides is 2. The van der Waals surface area contributed by atoms with Crippen molar-refractivity contribution in [2.45, 2.75) is 18.9 Å². The number of nitrogens with zero attached hydrogens (tertiary/aromatic N) is 1. The fraction of sp³-hybridized carbons (Fsp3) is 0.562. The second-order valence-electron chi connectivity index (χ2n) is 6.04. The van der Waals surface area contributed by atoms with E-state index in [1.807, 2.05) is 0 Å². The molecule has 8 heteroatoms. The minimum absolute atomic E-state index is 0.0242. The molecule has 2 fully saturated rings. The molecule has 24 heavy (non-hydrogen) atoms. The average Bonchev–Trinajstić information content (AvgIpc) is 3.07. The zero-order valence-corrected chi connectivity index (χ0v) is 14.3. The summed E-state index contributed by atoms with van der Waals surface area (Å²) in [7, 11) is -2.99. The summed E-state index contributed by atoms with van der Waals surface area (Å²) < 4.78 is 34.0. The number of hydrogen-bond acceptors (Lipinski definition) is 5. The molecule has 2 amide bonds. The summed E-state index contributed by atoms with van der Waals surface area (Å²) in [5.41, 5.74) is 0.651. The molecule has 2 heterocycles. The summed E-state index contributed by atoms with van der Waals surface area (Å²) in [6, 6.07) is 6.85. The van der Waals surface area contributed by atoms with Gasteiger partial charge in [0.2, 0.25) is 0 Å². The second kappa shape index (κ2) is 7.40. The van der Waals surface area contributed by atoms with E-state index in [-0.39, 0.29) is 36.7 Å². The Morgan fingerprint density at radius 3 is 2.58 bits per heavy atom. The van der Waals surface area contributed by atoms with E-state index in [1.54, 1.807) is 24.3 Å². The zero-order chi connectivity index (χ0) is 17.0. The zero-order valence-electron chi connectivity index (χ0n) is 13.4. The quantitative estimate of drug-likeness (QED) is 0.886. The first-order chi connectivity index (χ1) is 11.5. The van der Waals surface area contributed by atoms with Gasteiger partial charge < -0.3 is 19.7 Å². The van der Waals surface area contributed by atoms with Gasteiger partial charge in [0.1, 0.15) is 12.4 Å². The van der Waals surface area contributed by atoms with Crippen LogP contribution in [0, 0.1) is 0 Å². The molecule has 0 bridgehead atoms. The Morgan fingerprint density at radius 2 is 1.96 bits per heavy atom. The Bertz CT molecular complexity index is 654. The summed E-state index contributed by atoms with van der Waals surface area (Å²) in [6.07, 6.45) is 2.27. The van der Waals surface area contributed by atoms with Gasteiger partial charge >= 0.3 is 6.03 Å². The topological polar surface area (TPSA) is 84.9 Å². The van der Waals surface area contributed by atoms with Gasteiger partial charge in [-0.05, 0) is 37.1 Å². The minimum atomic E-state index is -2.99. The molecule has 3 rings (SSSR count). The first kappa shape index (κ1) is 17.0. The summed E-state index contributed by atoms with van der Waals surface area (Å²) in [5.74, 6) is 0.778. The van der Waals surface area contributed by atoms with Crippen molar-refractivity contribution < 1.29 is 22.7 Å². The normalized spacial score (nSPS) is 23.0. The Morgan fingerprint density at radius 1 is 1.25 bits per heavy atom. The highest BCUT2D eigenvalue weighted by molar-refractivity contribution is 7.91. The van der Waals surface area contributed by atoms with Crippen LogP contribution in [-0.4, -0.2) is 63.3 Å². The van der Waals surface area contributed by atoms with E-state index < -0.39 is 9.84 Å². The van der Waals surface area contributed by atoms with Crippen molar-refractivity contribution in [2.75, 3.05) is 43.1 Å². The van der Waals surface area contributed by atoms with E-state index >= 15 is 0 Å². The van der Waals surface area contributed by atoms with E-state index in [9.17, 15) is 13.2 Å². The molecule has 1 aromatic rings. The van der Waals surface area contributed by atoms with Crippen molar-refractivity contribution in [1.29, 1.82) is 0 Å². The van der Waals surface area contributed by atoms with Gasteiger partial charge in [0, 0.05) is 25.4 Å². The van der Waals surface area contributed by atoms with Crippen LogP contribution in [0.4, 0.5) is 10.5 Å². The number of carbonyl (C=O) groups excluding carboxylic acids is 1. The molecule has 0 saturated carbocycles. The van der Waals surface area contributed by atoms with Gasteiger partial charge in [-0.3, -0.25) is 0 Å². The molecule has 0 unspecified atom stereocenters. The van der Waals surface area contributed by atoms with Gasteiger partial charge in [-0.1, -0.05) is 0 Å². The molecule has 0 spiro atoms. The smallest absolute Gasteiger partial charge is 0.321 e. The third-order valence-corrected chi connectivity index (χ3v) is 5.81. The van der Waals surface area contributed by atoms with Crippen LogP contribution in [0.2, 0.25) is 0 Å². The van der Waals surface area contributed by atoms with Gasteiger partial charge in [-0.15, -0.1) is 0 Å². The van der Waals surface area contributed by atoms with Crippen molar-refractivity contribution in [2.24, 2.45) is 0 Å². The summed E-state index contributed by atoms with van der Waals surface area (Å²) >= 11 is 0. The van der Waals surface area contributed by atoms with E-state index in [0.717, 1.165) is 25.2 Å². The first-order valence-electron chi connectivity index (χ1n) is 8.13. The fourth-order valence-corrected chi connectivity index (χ4v) is 3.92. The minimum Gasteiger partial charge on any atom is -0.491 e. The lowest BCUT2D eigenvalue weighted by Gasteiger charge is -2.26. The van der Waals surface area contributed by atoms with Crippen molar-refractivity contribution in [3.8, 4) is 5.75 Å². The molecule has 1 aromatic carbocycles. The van der Waals surface area contributed by atoms with Crippen LogP contribution in [0.15, 0.2) is 24.3 Å². The Balaban J connectivity index is 1.47. The standard InChI is InChI=1S/C16H22N2O5S/c19-16(18-7-10-24(20,21)11-8-18)17-13-3-5-14(6-4-13)23-12-15-2-1-9-22-15/h3-6,15H,1-2,7-12H2,(H,17,19)/t15-/m0/s1. The highest BCUT2D eigenvalue weighted by Crippen LogP contribution is 2.19. The largest absolute Gasteiger partial charge is 0.491 e. The van der Waals surface area contributed by atoms with Crippen LogP contribution in [0.25, 0.3) is 0 Å². The van der Waals surface area contributed by atoms with Gasteiger partial charge in [0.15, 0.2) is 9.84 Å². The number of carbonyl (C=O) groups is 1. The Kier molecular flexibility index (Phi) is 5.25. The molecule has 0 radical (unpaired) electrons. The first-order valence-corrected chi connectivity index (χ1v) is 9.95. The van der Waals surface area contributed by atoms with Crippen molar-refractivity contribution >= 4 is 21.6 Å². The van der Waals surface area contributed by atoms with Crippen molar-refractivity contribution in [3.05, 3.63) is 24.3 Å². The SMILES string of the molecule is O=C(Nc1ccc(OC[C@@H]2CCCO2)cc1)N1CCS(=O)(=O)CC1. The van der Waals surface area contributed by atoms with Crippen LogP contribution in [0.5, 0.6) is 5.75 Å². The summed E-state index contributed by atoms with van der Waals surface area (Å²) in [5, 5.41) is 2.78. The number of rotatable bonds is 4. The van der Waals surface area contributed by atoms with Crippen LogP contribution < -0.4 is 10.1 Å². The number of nitrogens with one attached hydrogen (secondary N) is 1. The van der Waals surface area contributed by atoms with Crippen LogP contribution in [0.3, 0.4) is 0 Å². The fourth-order valence-electron chi connectivity index (χ4n) is 2.72. The predicted molar refractivity (Wildman–Crippen MR) is 90.2 cm³/mol. The number of hydrogen-bond donors (Lipinski definition) is 1. The summed E-state index contributed by atoms with van der Waals surface area (Å²) in [6.45, 7) is 1.80. The molecule has 0 aromatic heterocycles. The summed E-state index contributed by atoms with van der Waals surface area (Å²) in [4.78, 5) is 13.7. The Labute approximate surface area is 141 Å². The van der Waals surface area contributed by atoms with E-state index in [2.05, 4.69) is 5.32 Å². The molecule has 1 atom stereocenters. The van der Waals surface area contributed by atoms with Crippen molar-refractivity contribution in [1.82, 2.24) is 4.90 Å². The number of sulfone groups is 1. The second-order valence-corrected chi connectivity index (χ2v) is 8.34. The lowest BCUT2D eigenvalue weighted by atomic mass is 10.2. The third-order valence-electron chi connectivity index (χ3n) is 4.20. The number of anilines is 1. The lowest BCUT2D eigenvalue weighted by molar-refractivity contribution is 0.0679. The maximum atomic E-state index is 12.1. The van der Waals surface area contributed by atoms with E-state index in [1.165, 1.54) is 4.90 Å².